The van der Waals surface area contributed by atoms with Crippen LogP contribution in [0.15, 0.2) is 76.4 Å². The SMILES string of the molecule is CC1(C)CC(=O)C2=C(C1)Nc1ccc3ccccc3c1C2c1cccc(Br)c1. The molecule has 3 aromatic carbocycles. The molecule has 0 spiro atoms. The van der Waals surface area contributed by atoms with Gasteiger partial charge in [-0.2, -0.15) is 0 Å². The minimum atomic E-state index is -0.0431. The number of ketones is 1. The summed E-state index contributed by atoms with van der Waals surface area (Å²) in [4.78, 5) is 13.3. The Balaban J connectivity index is 1.83. The largest absolute Gasteiger partial charge is 0.358 e. The van der Waals surface area contributed by atoms with E-state index < -0.39 is 0 Å². The van der Waals surface area contributed by atoms with Gasteiger partial charge in [-0.15, -0.1) is 0 Å². The highest BCUT2D eigenvalue weighted by atomic mass is 79.9. The van der Waals surface area contributed by atoms with Gasteiger partial charge in [-0.05, 0) is 51.9 Å². The average molecular weight is 432 g/mol. The third-order valence-electron chi connectivity index (χ3n) is 5.94. The van der Waals surface area contributed by atoms with Crippen molar-refractivity contribution >= 4 is 38.2 Å². The van der Waals surface area contributed by atoms with Crippen LogP contribution in [0.1, 0.15) is 43.7 Å². The molecule has 1 aliphatic carbocycles. The maximum atomic E-state index is 13.3. The molecule has 1 unspecified atom stereocenters. The minimum absolute atomic E-state index is 0.0148. The standard InChI is InChI=1S/C25H22BrNO/c1-25(2)13-20-24(21(28)14-25)22(16-7-5-8-17(26)12-16)23-18-9-4-3-6-15(18)10-11-19(23)27-20/h3-12,22,27H,13-14H2,1-2H3. The van der Waals surface area contributed by atoms with Crippen molar-refractivity contribution in [2.24, 2.45) is 5.41 Å². The molecule has 0 radical (unpaired) electrons. The monoisotopic (exact) mass is 431 g/mol. The number of Topliss-reactive ketones (excluding diaryl/α,β-unsaturated/α-hetero) is 1. The number of benzene rings is 3. The average Bonchev–Trinajstić information content (AvgIpc) is 2.65. The number of hydrogen-bond donors (Lipinski definition) is 1. The maximum Gasteiger partial charge on any atom is 0.162 e. The van der Waals surface area contributed by atoms with Gasteiger partial charge in [-0.1, -0.05) is 72.2 Å². The second kappa shape index (κ2) is 6.31. The van der Waals surface area contributed by atoms with Gasteiger partial charge in [0.15, 0.2) is 5.78 Å². The molecule has 0 saturated carbocycles. The van der Waals surface area contributed by atoms with Crippen LogP contribution in [0, 0.1) is 5.41 Å². The Labute approximate surface area is 173 Å². The van der Waals surface area contributed by atoms with E-state index in [1.807, 2.05) is 6.07 Å². The number of halogens is 1. The van der Waals surface area contributed by atoms with Gasteiger partial charge in [-0.3, -0.25) is 4.79 Å². The number of carbonyl (C=O) groups excluding carboxylic acids is 1. The van der Waals surface area contributed by atoms with Gasteiger partial charge in [-0.25, -0.2) is 0 Å². The summed E-state index contributed by atoms with van der Waals surface area (Å²) in [6.45, 7) is 4.36. The highest BCUT2D eigenvalue weighted by Gasteiger charge is 2.41. The molecule has 1 N–H and O–H groups in total. The molecule has 0 saturated heterocycles. The number of nitrogens with one attached hydrogen (secondary N) is 1. The van der Waals surface area contributed by atoms with Gasteiger partial charge in [0, 0.05) is 33.8 Å². The lowest BCUT2D eigenvalue weighted by Gasteiger charge is -2.40. The highest BCUT2D eigenvalue weighted by molar-refractivity contribution is 9.10. The zero-order valence-electron chi connectivity index (χ0n) is 16.1. The van der Waals surface area contributed by atoms with Crippen LogP contribution >= 0.6 is 15.9 Å². The van der Waals surface area contributed by atoms with Crippen molar-refractivity contribution in [3.05, 3.63) is 87.5 Å². The molecule has 0 aromatic heterocycles. The van der Waals surface area contributed by atoms with E-state index in [0.29, 0.717) is 6.42 Å². The first kappa shape index (κ1) is 17.7. The van der Waals surface area contributed by atoms with E-state index in [2.05, 4.69) is 89.7 Å². The third-order valence-corrected chi connectivity index (χ3v) is 6.43. The molecule has 3 aromatic rings. The molecule has 1 aliphatic heterocycles. The number of carbonyl (C=O) groups is 1. The summed E-state index contributed by atoms with van der Waals surface area (Å²) in [6, 6.07) is 21.2. The van der Waals surface area contributed by atoms with Gasteiger partial charge in [0.25, 0.3) is 0 Å². The van der Waals surface area contributed by atoms with E-state index >= 15 is 0 Å². The van der Waals surface area contributed by atoms with Gasteiger partial charge < -0.3 is 5.32 Å². The molecule has 5 rings (SSSR count). The normalized spacial score (nSPS) is 20.5. The highest BCUT2D eigenvalue weighted by Crippen LogP contribution is 2.50. The molecule has 140 valence electrons. The number of rotatable bonds is 1. The molecule has 28 heavy (non-hydrogen) atoms. The van der Waals surface area contributed by atoms with Crippen molar-refractivity contribution in [1.82, 2.24) is 0 Å². The third kappa shape index (κ3) is 2.80. The van der Waals surface area contributed by atoms with Crippen molar-refractivity contribution in [3.8, 4) is 0 Å². The first-order valence-corrected chi connectivity index (χ1v) is 10.5. The molecule has 1 heterocycles. The van der Waals surface area contributed by atoms with Gasteiger partial charge >= 0.3 is 0 Å². The Morgan fingerprint density at radius 3 is 2.64 bits per heavy atom. The molecule has 2 aliphatic rings. The van der Waals surface area contributed by atoms with Crippen LogP contribution in [0.3, 0.4) is 0 Å². The van der Waals surface area contributed by atoms with Crippen LogP contribution in [0.5, 0.6) is 0 Å². The molecular weight excluding hydrogens is 410 g/mol. The zero-order chi connectivity index (χ0) is 19.5. The van der Waals surface area contributed by atoms with Crippen LogP contribution in [-0.4, -0.2) is 5.78 Å². The maximum absolute atomic E-state index is 13.3. The van der Waals surface area contributed by atoms with Crippen LogP contribution in [0.25, 0.3) is 10.8 Å². The molecule has 2 nitrogen and oxygen atoms in total. The Morgan fingerprint density at radius 1 is 1.00 bits per heavy atom. The smallest absolute Gasteiger partial charge is 0.162 e. The topological polar surface area (TPSA) is 29.1 Å². The summed E-state index contributed by atoms with van der Waals surface area (Å²) >= 11 is 3.62. The number of hydrogen-bond acceptors (Lipinski definition) is 2. The lowest BCUT2D eigenvalue weighted by Crippen LogP contribution is -2.33. The molecule has 0 bridgehead atoms. The van der Waals surface area contributed by atoms with Crippen LogP contribution < -0.4 is 5.32 Å². The Kier molecular flexibility index (Phi) is 3.99. The van der Waals surface area contributed by atoms with Crippen molar-refractivity contribution in [3.63, 3.8) is 0 Å². The lowest BCUT2D eigenvalue weighted by molar-refractivity contribution is -0.118. The quantitative estimate of drug-likeness (QED) is 0.458. The molecule has 1 atom stereocenters. The summed E-state index contributed by atoms with van der Waals surface area (Å²) in [5.74, 6) is 0.223. The van der Waals surface area contributed by atoms with E-state index in [4.69, 9.17) is 0 Å². The summed E-state index contributed by atoms with van der Waals surface area (Å²) in [6.07, 6.45) is 1.49. The molecule has 0 amide bonds. The second-order valence-electron chi connectivity index (χ2n) is 8.69. The predicted octanol–water partition coefficient (Wildman–Crippen LogP) is 6.80. The first-order valence-electron chi connectivity index (χ1n) is 9.73. The van der Waals surface area contributed by atoms with Crippen molar-refractivity contribution in [1.29, 1.82) is 0 Å². The van der Waals surface area contributed by atoms with Gasteiger partial charge in [0.2, 0.25) is 0 Å². The summed E-state index contributed by atoms with van der Waals surface area (Å²) in [5.41, 5.74) is 5.51. The van der Waals surface area contributed by atoms with E-state index in [-0.39, 0.29) is 17.1 Å². The molecule has 0 fully saturated rings. The van der Waals surface area contributed by atoms with Crippen LogP contribution in [-0.2, 0) is 4.79 Å². The fourth-order valence-corrected chi connectivity index (χ4v) is 5.24. The van der Waals surface area contributed by atoms with E-state index in [1.165, 1.54) is 16.3 Å². The number of anilines is 1. The predicted molar refractivity (Wildman–Crippen MR) is 119 cm³/mol. The van der Waals surface area contributed by atoms with Crippen molar-refractivity contribution < 1.29 is 4.79 Å². The van der Waals surface area contributed by atoms with Crippen LogP contribution in [0.2, 0.25) is 0 Å². The van der Waals surface area contributed by atoms with Gasteiger partial charge in [0.05, 0.1) is 0 Å². The second-order valence-corrected chi connectivity index (χ2v) is 9.61. The number of fused-ring (bicyclic) bond motifs is 3. The molecular formula is C25H22BrNO. The first-order chi connectivity index (χ1) is 13.4. The summed E-state index contributed by atoms with van der Waals surface area (Å²) in [7, 11) is 0. The summed E-state index contributed by atoms with van der Waals surface area (Å²) < 4.78 is 1.04. The van der Waals surface area contributed by atoms with E-state index in [9.17, 15) is 4.79 Å². The summed E-state index contributed by atoms with van der Waals surface area (Å²) in [5, 5.41) is 6.05. The minimum Gasteiger partial charge on any atom is -0.358 e. The number of allylic oxidation sites excluding steroid dienone is 2. The Hall–Kier alpha value is -2.39. The van der Waals surface area contributed by atoms with E-state index in [1.54, 1.807) is 0 Å². The van der Waals surface area contributed by atoms with Gasteiger partial charge in [0.1, 0.15) is 0 Å². The molecule has 3 heteroatoms. The lowest BCUT2D eigenvalue weighted by atomic mass is 9.68. The Bertz CT molecular complexity index is 1160. The van der Waals surface area contributed by atoms with Crippen LogP contribution in [0.4, 0.5) is 5.69 Å². The van der Waals surface area contributed by atoms with E-state index in [0.717, 1.165) is 33.4 Å². The zero-order valence-corrected chi connectivity index (χ0v) is 17.6. The fraction of sp³-hybridized carbons (Fsp3) is 0.240. The fourth-order valence-electron chi connectivity index (χ4n) is 4.82. The Morgan fingerprint density at radius 2 is 1.82 bits per heavy atom. The van der Waals surface area contributed by atoms with Crippen molar-refractivity contribution in [2.45, 2.75) is 32.6 Å². The van der Waals surface area contributed by atoms with Crippen molar-refractivity contribution in [2.75, 3.05) is 5.32 Å².